The molecule has 0 aromatic heterocycles. The molecule has 0 N–H and O–H groups in total. The summed E-state index contributed by atoms with van der Waals surface area (Å²) in [6.07, 6.45) is 1.14. The van der Waals surface area contributed by atoms with Crippen LogP contribution in [0.4, 0.5) is 0 Å². The Bertz CT molecular complexity index is 637. The molecular weight excluding hydrogens is 268 g/mol. The van der Waals surface area contributed by atoms with Crippen molar-refractivity contribution in [2.75, 3.05) is 12.5 Å². The molecule has 2 heteroatoms. The third kappa shape index (κ3) is 3.92. The van der Waals surface area contributed by atoms with E-state index in [1.807, 2.05) is 12.1 Å². The fraction of sp³-hybridized carbons (Fsp3) is 0.333. The zero-order valence-electron chi connectivity index (χ0n) is 11.9. The van der Waals surface area contributed by atoms with Crippen molar-refractivity contribution in [1.29, 1.82) is 0 Å². The van der Waals surface area contributed by atoms with Gasteiger partial charge in [0.15, 0.2) is 0 Å². The van der Waals surface area contributed by atoms with Crippen LogP contribution in [0.2, 0.25) is 0 Å². The Kier molecular flexibility index (Phi) is 5.32. The van der Waals surface area contributed by atoms with Gasteiger partial charge in [-0.15, -0.1) is 11.6 Å². The zero-order valence-corrected chi connectivity index (χ0v) is 12.7. The van der Waals surface area contributed by atoms with E-state index in [0.717, 1.165) is 24.3 Å². The molecule has 1 atom stereocenters. The third-order valence-electron chi connectivity index (χ3n) is 3.34. The maximum Gasteiger partial charge on any atom is 0.119 e. The van der Waals surface area contributed by atoms with E-state index in [1.54, 1.807) is 0 Å². The Morgan fingerprint density at radius 2 is 1.90 bits per heavy atom. The monoisotopic (exact) mass is 286 g/mol. The van der Waals surface area contributed by atoms with Gasteiger partial charge in [0.25, 0.3) is 0 Å². The fourth-order valence-electron chi connectivity index (χ4n) is 1.88. The first-order chi connectivity index (χ1) is 9.72. The van der Waals surface area contributed by atoms with Crippen LogP contribution < -0.4 is 4.74 Å². The van der Waals surface area contributed by atoms with Gasteiger partial charge in [-0.3, -0.25) is 0 Å². The highest BCUT2D eigenvalue weighted by Gasteiger charge is 2.02. The van der Waals surface area contributed by atoms with Crippen molar-refractivity contribution >= 4 is 22.4 Å². The molecule has 0 bridgehead atoms. The van der Waals surface area contributed by atoms with Gasteiger partial charge in [-0.2, -0.15) is 0 Å². The lowest BCUT2D eigenvalue weighted by molar-refractivity contribution is 0.257. The van der Waals surface area contributed by atoms with Crippen molar-refractivity contribution in [1.82, 2.24) is 0 Å². The molecule has 1 nitrogen and oxygen atoms in total. The highest BCUT2D eigenvalue weighted by Crippen LogP contribution is 2.22. The van der Waals surface area contributed by atoms with E-state index in [4.69, 9.17) is 16.3 Å². The molecule has 0 aliphatic carbocycles. The number of ether oxygens (including phenoxy) is 1. The molecule has 0 heterocycles. The number of hydrogen-bond acceptors (Lipinski definition) is 1. The summed E-state index contributed by atoms with van der Waals surface area (Å²) >= 11 is 5.57. The molecule has 0 saturated heterocycles. The van der Waals surface area contributed by atoms with E-state index < -0.39 is 0 Å². The molecule has 0 amide bonds. The van der Waals surface area contributed by atoms with Gasteiger partial charge in [0.1, 0.15) is 5.75 Å². The zero-order chi connectivity index (χ0) is 14.4. The van der Waals surface area contributed by atoms with Gasteiger partial charge in [-0.25, -0.2) is 0 Å². The average molecular weight is 287 g/mol. The predicted molar refractivity (Wildman–Crippen MR) is 86.5 cm³/mol. The van der Waals surface area contributed by atoms with Crippen LogP contribution in [0, 0.1) is 17.8 Å². The predicted octanol–water partition coefficient (Wildman–Crippen LogP) is 4.86. The first-order valence-corrected chi connectivity index (χ1v) is 7.48. The summed E-state index contributed by atoms with van der Waals surface area (Å²) < 4.78 is 5.82. The molecule has 104 valence electrons. The molecular formula is C18H19ClO. The fourth-order valence-corrected chi connectivity index (χ4v) is 1.95. The van der Waals surface area contributed by atoms with Gasteiger partial charge in [-0.05, 0) is 41.0 Å². The van der Waals surface area contributed by atoms with Crippen molar-refractivity contribution in [2.45, 2.75) is 20.3 Å². The summed E-state index contributed by atoms with van der Waals surface area (Å²) in [6.45, 7) is 5.14. The molecule has 0 radical (unpaired) electrons. The van der Waals surface area contributed by atoms with Crippen molar-refractivity contribution < 1.29 is 4.74 Å². The highest BCUT2D eigenvalue weighted by atomic mass is 35.5. The van der Waals surface area contributed by atoms with Crippen molar-refractivity contribution in [3.8, 4) is 17.6 Å². The summed E-state index contributed by atoms with van der Waals surface area (Å²) in [6, 6.07) is 12.3. The second kappa shape index (κ2) is 7.22. The van der Waals surface area contributed by atoms with Crippen molar-refractivity contribution in [3.05, 3.63) is 42.0 Å². The van der Waals surface area contributed by atoms with Gasteiger partial charge in [0.05, 0.1) is 12.5 Å². The molecule has 0 saturated carbocycles. The molecule has 0 spiro atoms. The Morgan fingerprint density at radius 3 is 2.65 bits per heavy atom. The molecule has 2 aromatic rings. The normalized spacial score (nSPS) is 11.8. The van der Waals surface area contributed by atoms with Gasteiger partial charge in [0.2, 0.25) is 0 Å². The minimum Gasteiger partial charge on any atom is -0.493 e. The second-order valence-electron chi connectivity index (χ2n) is 4.98. The van der Waals surface area contributed by atoms with Crippen LogP contribution in [-0.4, -0.2) is 12.5 Å². The lowest BCUT2D eigenvalue weighted by Gasteiger charge is -2.11. The van der Waals surface area contributed by atoms with Gasteiger partial charge >= 0.3 is 0 Å². The number of benzene rings is 2. The van der Waals surface area contributed by atoms with Gasteiger partial charge in [0, 0.05) is 5.56 Å². The van der Waals surface area contributed by atoms with E-state index in [2.05, 4.69) is 50.0 Å². The summed E-state index contributed by atoms with van der Waals surface area (Å²) in [5.74, 6) is 7.78. The molecule has 2 aromatic carbocycles. The van der Waals surface area contributed by atoms with E-state index in [1.165, 1.54) is 10.8 Å². The summed E-state index contributed by atoms with van der Waals surface area (Å²) in [5, 5.41) is 2.34. The van der Waals surface area contributed by atoms with E-state index in [0.29, 0.717) is 11.8 Å². The van der Waals surface area contributed by atoms with Crippen LogP contribution in [-0.2, 0) is 0 Å². The Hall–Kier alpha value is -1.65. The lowest BCUT2D eigenvalue weighted by Crippen LogP contribution is -2.06. The first-order valence-electron chi connectivity index (χ1n) is 6.94. The summed E-state index contributed by atoms with van der Waals surface area (Å²) in [5.41, 5.74) is 0.992. The summed E-state index contributed by atoms with van der Waals surface area (Å²) in [4.78, 5) is 0. The summed E-state index contributed by atoms with van der Waals surface area (Å²) in [7, 11) is 0. The first kappa shape index (κ1) is 14.8. The molecule has 20 heavy (non-hydrogen) atoms. The van der Waals surface area contributed by atoms with Crippen LogP contribution >= 0.6 is 11.6 Å². The van der Waals surface area contributed by atoms with Crippen molar-refractivity contribution in [2.24, 2.45) is 5.92 Å². The lowest BCUT2D eigenvalue weighted by atomic mass is 10.1. The molecule has 0 aliphatic rings. The smallest absolute Gasteiger partial charge is 0.119 e. The SMILES string of the molecule is CCC(C)COc1ccc2cc(C#CCCl)ccc2c1. The van der Waals surface area contributed by atoms with Crippen LogP contribution in [0.1, 0.15) is 25.8 Å². The van der Waals surface area contributed by atoms with Crippen LogP contribution in [0.5, 0.6) is 5.75 Å². The van der Waals surface area contributed by atoms with Crippen LogP contribution in [0.3, 0.4) is 0 Å². The highest BCUT2D eigenvalue weighted by molar-refractivity contribution is 6.19. The maximum absolute atomic E-state index is 5.82. The minimum absolute atomic E-state index is 0.362. The largest absolute Gasteiger partial charge is 0.493 e. The Morgan fingerprint density at radius 1 is 1.15 bits per heavy atom. The number of hydrogen-bond donors (Lipinski definition) is 0. The van der Waals surface area contributed by atoms with E-state index >= 15 is 0 Å². The van der Waals surface area contributed by atoms with Gasteiger partial charge in [-0.1, -0.05) is 44.2 Å². The van der Waals surface area contributed by atoms with Gasteiger partial charge < -0.3 is 4.74 Å². The Balaban J connectivity index is 2.18. The minimum atomic E-state index is 0.362. The third-order valence-corrected chi connectivity index (χ3v) is 3.48. The topological polar surface area (TPSA) is 9.23 Å². The van der Waals surface area contributed by atoms with E-state index in [9.17, 15) is 0 Å². The quantitative estimate of drug-likeness (QED) is 0.576. The van der Waals surface area contributed by atoms with Crippen LogP contribution in [0.25, 0.3) is 10.8 Å². The number of rotatable bonds is 4. The number of alkyl halides is 1. The van der Waals surface area contributed by atoms with E-state index in [-0.39, 0.29) is 0 Å². The maximum atomic E-state index is 5.82. The number of fused-ring (bicyclic) bond motifs is 1. The average Bonchev–Trinajstić information content (AvgIpc) is 2.50. The molecule has 1 unspecified atom stereocenters. The number of halogens is 1. The Labute approximate surface area is 125 Å². The standard InChI is InChI=1S/C18H19ClO/c1-3-14(2)13-20-18-9-8-16-11-15(5-4-10-19)6-7-17(16)12-18/h6-9,11-12,14H,3,10,13H2,1-2H3. The van der Waals surface area contributed by atoms with Crippen LogP contribution in [0.15, 0.2) is 36.4 Å². The molecule has 0 fully saturated rings. The molecule has 0 aliphatic heterocycles. The molecule has 2 rings (SSSR count). The van der Waals surface area contributed by atoms with Crippen molar-refractivity contribution in [3.63, 3.8) is 0 Å². The second-order valence-corrected chi connectivity index (χ2v) is 5.25.